The van der Waals surface area contributed by atoms with Gasteiger partial charge in [0.2, 0.25) is 0 Å². The van der Waals surface area contributed by atoms with Gasteiger partial charge in [-0.2, -0.15) is 0 Å². The van der Waals surface area contributed by atoms with E-state index < -0.39 is 0 Å². The Morgan fingerprint density at radius 1 is 1.18 bits per heavy atom. The van der Waals surface area contributed by atoms with Gasteiger partial charge in [0, 0.05) is 26.0 Å². The molecule has 1 saturated heterocycles. The van der Waals surface area contributed by atoms with E-state index in [4.69, 9.17) is 0 Å². The van der Waals surface area contributed by atoms with Crippen molar-refractivity contribution < 1.29 is 9.90 Å². The van der Waals surface area contributed by atoms with Crippen LogP contribution in [0, 0.1) is 0 Å². The van der Waals surface area contributed by atoms with E-state index in [1.54, 1.807) is 31.3 Å². The maximum atomic E-state index is 12.3. The summed E-state index contributed by atoms with van der Waals surface area (Å²) in [5.74, 6) is 0.125. The number of carbonyl (C=O) groups is 1. The number of nitrogens with zero attached hydrogens (tertiary/aromatic N) is 3. The molecule has 1 aliphatic rings. The average Bonchev–Trinajstić information content (AvgIpc) is 3.01. The fourth-order valence-corrected chi connectivity index (χ4v) is 3.02. The van der Waals surface area contributed by atoms with Gasteiger partial charge in [-0.25, -0.2) is 4.99 Å². The second kappa shape index (κ2) is 5.73. The molecule has 1 N–H and O–H groups in total. The van der Waals surface area contributed by atoms with E-state index >= 15 is 0 Å². The van der Waals surface area contributed by atoms with Crippen LogP contribution in [0.15, 0.2) is 52.5 Å². The van der Waals surface area contributed by atoms with Gasteiger partial charge in [0.1, 0.15) is 5.75 Å². The van der Waals surface area contributed by atoms with E-state index in [0.717, 1.165) is 5.69 Å². The van der Waals surface area contributed by atoms with Gasteiger partial charge in [0.05, 0.1) is 10.6 Å². The molecule has 1 aromatic carbocycles. The second-order valence-corrected chi connectivity index (χ2v) is 5.94. The fourth-order valence-electron chi connectivity index (χ4n) is 2.05. The quantitative estimate of drug-likeness (QED) is 0.867. The van der Waals surface area contributed by atoms with Crippen molar-refractivity contribution in [1.29, 1.82) is 0 Å². The van der Waals surface area contributed by atoms with Crippen LogP contribution >= 0.6 is 11.8 Å². The molecule has 0 aliphatic carbocycles. The predicted molar refractivity (Wildman–Crippen MR) is 89.0 cm³/mol. The first-order valence-corrected chi connectivity index (χ1v) is 7.53. The number of aryl methyl sites for hydroxylation is 1. The molecule has 0 spiro atoms. The molecule has 22 heavy (non-hydrogen) atoms. The normalized spacial score (nSPS) is 18.6. The van der Waals surface area contributed by atoms with Crippen LogP contribution in [0.4, 0.5) is 5.69 Å². The molecule has 2 aromatic rings. The van der Waals surface area contributed by atoms with Gasteiger partial charge in [-0.3, -0.25) is 9.69 Å². The average molecular weight is 313 g/mol. The number of amides is 1. The molecule has 3 rings (SSSR count). The van der Waals surface area contributed by atoms with E-state index in [-0.39, 0.29) is 11.7 Å². The topological polar surface area (TPSA) is 57.8 Å². The summed E-state index contributed by atoms with van der Waals surface area (Å²) in [7, 11) is 3.64. The molecule has 1 amide bonds. The number of phenols is 1. The number of thioether (sulfide) groups is 1. The summed E-state index contributed by atoms with van der Waals surface area (Å²) in [5.41, 5.74) is 1.66. The van der Waals surface area contributed by atoms with Gasteiger partial charge in [-0.15, -0.1) is 0 Å². The number of aliphatic imine (C=N–C) groups is 1. The molecule has 0 atom stereocenters. The van der Waals surface area contributed by atoms with Gasteiger partial charge >= 0.3 is 0 Å². The maximum absolute atomic E-state index is 12.3. The summed E-state index contributed by atoms with van der Waals surface area (Å²) in [6.07, 6.45) is 3.80. The Kier molecular flexibility index (Phi) is 3.77. The zero-order valence-corrected chi connectivity index (χ0v) is 13.0. The Morgan fingerprint density at radius 3 is 2.55 bits per heavy atom. The first-order chi connectivity index (χ1) is 10.5. The lowest BCUT2D eigenvalue weighted by atomic mass is 10.3. The Hall–Kier alpha value is -2.47. The largest absolute Gasteiger partial charge is 0.508 e. The number of amidine groups is 1. The summed E-state index contributed by atoms with van der Waals surface area (Å²) < 4.78 is 1.95. The summed E-state index contributed by atoms with van der Waals surface area (Å²) in [6.45, 7) is 0. The minimum Gasteiger partial charge on any atom is -0.508 e. The molecule has 1 aromatic heterocycles. The SMILES string of the molecule is CN1C(=O)/C(=C/c2cccn2C)SC1=Nc1ccc(O)cc1. The lowest BCUT2D eigenvalue weighted by Gasteiger charge is -2.07. The number of likely N-dealkylation sites (N-methyl/N-ethyl adjacent to an activating group) is 1. The number of benzene rings is 1. The molecule has 1 fully saturated rings. The van der Waals surface area contributed by atoms with E-state index in [9.17, 15) is 9.90 Å². The van der Waals surface area contributed by atoms with Crippen molar-refractivity contribution in [2.24, 2.45) is 12.0 Å². The fraction of sp³-hybridized carbons (Fsp3) is 0.125. The number of aromatic nitrogens is 1. The van der Waals surface area contributed by atoms with Crippen LogP contribution in [-0.4, -0.2) is 32.7 Å². The molecule has 5 nitrogen and oxygen atoms in total. The van der Waals surface area contributed by atoms with E-state index in [1.807, 2.05) is 36.0 Å². The summed E-state index contributed by atoms with van der Waals surface area (Å²) in [4.78, 5) is 18.9. The first-order valence-electron chi connectivity index (χ1n) is 6.71. The minimum absolute atomic E-state index is 0.0660. The van der Waals surface area contributed by atoms with Gasteiger partial charge in [0.15, 0.2) is 5.17 Å². The minimum atomic E-state index is -0.0660. The van der Waals surface area contributed by atoms with Gasteiger partial charge < -0.3 is 9.67 Å². The van der Waals surface area contributed by atoms with Crippen molar-refractivity contribution in [2.75, 3.05) is 7.05 Å². The van der Waals surface area contributed by atoms with Crippen LogP contribution in [0.3, 0.4) is 0 Å². The van der Waals surface area contributed by atoms with Crippen LogP contribution in [0.2, 0.25) is 0 Å². The molecule has 0 bridgehead atoms. The van der Waals surface area contributed by atoms with Crippen LogP contribution < -0.4 is 0 Å². The highest BCUT2D eigenvalue weighted by Crippen LogP contribution is 2.33. The highest BCUT2D eigenvalue weighted by molar-refractivity contribution is 8.18. The summed E-state index contributed by atoms with van der Waals surface area (Å²) in [6, 6.07) is 10.4. The highest BCUT2D eigenvalue weighted by Gasteiger charge is 2.30. The van der Waals surface area contributed by atoms with Crippen molar-refractivity contribution in [3.63, 3.8) is 0 Å². The van der Waals surface area contributed by atoms with Crippen molar-refractivity contribution in [3.05, 3.63) is 53.2 Å². The molecular formula is C16H15N3O2S. The van der Waals surface area contributed by atoms with Crippen LogP contribution in [-0.2, 0) is 11.8 Å². The summed E-state index contributed by atoms with van der Waals surface area (Å²) >= 11 is 1.34. The Labute approximate surface area is 132 Å². The van der Waals surface area contributed by atoms with Crippen molar-refractivity contribution in [2.45, 2.75) is 0 Å². The van der Waals surface area contributed by atoms with E-state index in [0.29, 0.717) is 15.8 Å². The third-order valence-electron chi connectivity index (χ3n) is 3.34. The number of phenolic OH excluding ortho intramolecular Hbond substituents is 1. The Bertz CT molecular complexity index is 775. The third kappa shape index (κ3) is 2.78. The monoisotopic (exact) mass is 313 g/mol. The van der Waals surface area contributed by atoms with Crippen molar-refractivity contribution in [1.82, 2.24) is 9.47 Å². The number of hydrogen-bond acceptors (Lipinski definition) is 4. The molecule has 0 saturated carbocycles. The molecule has 112 valence electrons. The standard InChI is InChI=1S/C16H15N3O2S/c1-18-9-3-4-12(18)10-14-15(21)19(2)16(22-14)17-11-5-7-13(20)8-6-11/h3-10,20H,1-2H3/b14-10-,17-16?. The number of hydrogen-bond donors (Lipinski definition) is 1. The van der Waals surface area contributed by atoms with Gasteiger partial charge in [0.25, 0.3) is 5.91 Å². The van der Waals surface area contributed by atoms with Crippen molar-refractivity contribution >= 4 is 34.6 Å². The Balaban J connectivity index is 1.90. The van der Waals surface area contributed by atoms with Crippen LogP contribution in [0.25, 0.3) is 6.08 Å². The van der Waals surface area contributed by atoms with Gasteiger partial charge in [-0.05, 0) is 54.2 Å². The molecule has 2 heterocycles. The molecular weight excluding hydrogens is 298 g/mol. The zero-order valence-electron chi connectivity index (χ0n) is 12.2. The Morgan fingerprint density at radius 2 is 1.91 bits per heavy atom. The first kappa shape index (κ1) is 14.5. The van der Waals surface area contributed by atoms with Crippen LogP contribution in [0.5, 0.6) is 5.75 Å². The molecule has 1 aliphatic heterocycles. The molecule has 0 unspecified atom stereocenters. The number of rotatable bonds is 2. The highest BCUT2D eigenvalue weighted by atomic mass is 32.2. The molecule has 6 heteroatoms. The van der Waals surface area contributed by atoms with E-state index in [2.05, 4.69) is 4.99 Å². The van der Waals surface area contributed by atoms with E-state index in [1.165, 1.54) is 16.7 Å². The smallest absolute Gasteiger partial charge is 0.266 e. The summed E-state index contributed by atoms with van der Waals surface area (Å²) in [5, 5.41) is 9.92. The maximum Gasteiger partial charge on any atom is 0.266 e. The second-order valence-electron chi connectivity index (χ2n) is 4.93. The van der Waals surface area contributed by atoms with Gasteiger partial charge in [-0.1, -0.05) is 0 Å². The lowest BCUT2D eigenvalue weighted by molar-refractivity contribution is -0.121. The number of carbonyl (C=O) groups excluding carboxylic acids is 1. The third-order valence-corrected chi connectivity index (χ3v) is 4.40. The van der Waals surface area contributed by atoms with Crippen LogP contribution in [0.1, 0.15) is 5.69 Å². The van der Waals surface area contributed by atoms with Crippen molar-refractivity contribution in [3.8, 4) is 5.75 Å². The number of aromatic hydroxyl groups is 1. The lowest BCUT2D eigenvalue weighted by Crippen LogP contribution is -2.23. The zero-order chi connectivity index (χ0) is 15.7. The molecule has 0 radical (unpaired) electrons. The predicted octanol–water partition coefficient (Wildman–Crippen LogP) is 2.96.